The van der Waals surface area contributed by atoms with Gasteiger partial charge in [-0.25, -0.2) is 13.2 Å². The standard InChI is InChI=1S/C12H18N4O4S/c1-5-12(6-2,8-13)14-21(19,20)9-7-15(3)11(18)16(4)10(9)17/h7,14H,5-6H2,1-4H3. The van der Waals surface area contributed by atoms with Gasteiger partial charge in [0, 0.05) is 20.3 Å². The van der Waals surface area contributed by atoms with Crippen molar-refractivity contribution < 1.29 is 8.42 Å². The van der Waals surface area contributed by atoms with Crippen LogP contribution in [0.4, 0.5) is 0 Å². The Morgan fingerprint density at radius 2 is 1.81 bits per heavy atom. The Labute approximate surface area is 122 Å². The maximum atomic E-state index is 12.4. The molecular weight excluding hydrogens is 296 g/mol. The number of aryl methyl sites for hydroxylation is 1. The molecule has 0 unspecified atom stereocenters. The highest BCUT2D eigenvalue weighted by Crippen LogP contribution is 2.17. The Morgan fingerprint density at radius 3 is 2.24 bits per heavy atom. The van der Waals surface area contributed by atoms with Crippen LogP contribution in [0.25, 0.3) is 0 Å². The first-order chi connectivity index (χ1) is 9.64. The summed E-state index contributed by atoms with van der Waals surface area (Å²) in [5.41, 5.74) is -2.83. The van der Waals surface area contributed by atoms with Gasteiger partial charge >= 0.3 is 5.69 Å². The molecular formula is C12H18N4O4S. The highest BCUT2D eigenvalue weighted by Gasteiger charge is 2.34. The van der Waals surface area contributed by atoms with Crippen molar-refractivity contribution in [1.82, 2.24) is 13.9 Å². The van der Waals surface area contributed by atoms with Crippen LogP contribution in [0.2, 0.25) is 0 Å². The first-order valence-corrected chi connectivity index (χ1v) is 7.84. The molecule has 21 heavy (non-hydrogen) atoms. The minimum atomic E-state index is -4.21. The van der Waals surface area contributed by atoms with E-state index in [-0.39, 0.29) is 12.8 Å². The molecule has 0 aliphatic heterocycles. The van der Waals surface area contributed by atoms with Crippen molar-refractivity contribution in [2.75, 3.05) is 0 Å². The molecule has 1 rings (SSSR count). The van der Waals surface area contributed by atoms with Crippen molar-refractivity contribution in [3.8, 4) is 6.07 Å². The van der Waals surface area contributed by atoms with Crippen LogP contribution in [-0.4, -0.2) is 23.1 Å². The van der Waals surface area contributed by atoms with Crippen LogP contribution in [0.15, 0.2) is 20.7 Å². The molecule has 0 fully saturated rings. The van der Waals surface area contributed by atoms with E-state index >= 15 is 0 Å². The first kappa shape index (κ1) is 17.1. The van der Waals surface area contributed by atoms with Crippen molar-refractivity contribution in [3.63, 3.8) is 0 Å². The van der Waals surface area contributed by atoms with Gasteiger partial charge in [0.1, 0.15) is 5.54 Å². The van der Waals surface area contributed by atoms with E-state index in [1.54, 1.807) is 13.8 Å². The van der Waals surface area contributed by atoms with Crippen LogP contribution >= 0.6 is 0 Å². The minimum Gasteiger partial charge on any atom is -0.302 e. The summed E-state index contributed by atoms with van der Waals surface area (Å²) in [6.07, 6.45) is 1.47. The molecule has 116 valence electrons. The molecule has 0 atom stereocenters. The molecule has 0 aliphatic rings. The molecule has 1 heterocycles. The van der Waals surface area contributed by atoms with Gasteiger partial charge in [-0.05, 0) is 12.8 Å². The fraction of sp³-hybridized carbons (Fsp3) is 0.583. The molecule has 1 N–H and O–H groups in total. The molecule has 1 aromatic heterocycles. The Balaban J connectivity index is 3.51. The molecule has 0 spiro atoms. The summed E-state index contributed by atoms with van der Waals surface area (Å²) in [5, 5.41) is 9.19. The average molecular weight is 314 g/mol. The van der Waals surface area contributed by atoms with E-state index in [9.17, 15) is 23.3 Å². The fourth-order valence-electron chi connectivity index (χ4n) is 1.85. The Kier molecular flexibility index (Phi) is 4.76. The lowest BCUT2D eigenvalue weighted by atomic mass is 9.97. The first-order valence-electron chi connectivity index (χ1n) is 6.36. The van der Waals surface area contributed by atoms with Gasteiger partial charge in [-0.1, -0.05) is 13.8 Å². The van der Waals surface area contributed by atoms with Gasteiger partial charge in [0.05, 0.1) is 6.07 Å². The van der Waals surface area contributed by atoms with E-state index in [1.165, 1.54) is 14.1 Å². The number of nitrogens with zero attached hydrogens (tertiary/aromatic N) is 3. The maximum Gasteiger partial charge on any atom is 0.330 e. The molecule has 0 aliphatic carbocycles. The van der Waals surface area contributed by atoms with Crippen molar-refractivity contribution in [2.45, 2.75) is 37.1 Å². The van der Waals surface area contributed by atoms with E-state index in [0.717, 1.165) is 10.8 Å². The monoisotopic (exact) mass is 314 g/mol. The average Bonchev–Trinajstić information content (AvgIpc) is 2.46. The maximum absolute atomic E-state index is 12.4. The number of aromatic nitrogens is 2. The Morgan fingerprint density at radius 1 is 1.29 bits per heavy atom. The molecule has 1 aromatic rings. The van der Waals surface area contributed by atoms with Crippen LogP contribution in [0.3, 0.4) is 0 Å². The van der Waals surface area contributed by atoms with Crippen molar-refractivity contribution in [1.29, 1.82) is 5.26 Å². The third-order valence-electron chi connectivity index (χ3n) is 3.46. The van der Waals surface area contributed by atoms with Gasteiger partial charge in [-0.15, -0.1) is 0 Å². The third-order valence-corrected chi connectivity index (χ3v) is 4.97. The van der Waals surface area contributed by atoms with Gasteiger partial charge < -0.3 is 4.57 Å². The molecule has 0 saturated carbocycles. The van der Waals surface area contributed by atoms with Gasteiger partial charge in [-0.2, -0.15) is 9.98 Å². The summed E-state index contributed by atoms with van der Waals surface area (Å²) >= 11 is 0. The summed E-state index contributed by atoms with van der Waals surface area (Å²) in [6, 6.07) is 1.93. The highest BCUT2D eigenvalue weighted by atomic mass is 32.2. The van der Waals surface area contributed by atoms with Crippen LogP contribution in [-0.2, 0) is 24.1 Å². The van der Waals surface area contributed by atoms with Gasteiger partial charge in [0.2, 0.25) is 10.0 Å². The van der Waals surface area contributed by atoms with Gasteiger partial charge in [-0.3, -0.25) is 9.36 Å². The summed E-state index contributed by atoms with van der Waals surface area (Å²) < 4.78 is 28.7. The lowest BCUT2D eigenvalue weighted by Crippen LogP contribution is -2.49. The molecule has 0 aromatic carbocycles. The Hall–Kier alpha value is -1.92. The summed E-state index contributed by atoms with van der Waals surface area (Å²) in [6.45, 7) is 3.35. The van der Waals surface area contributed by atoms with Crippen molar-refractivity contribution in [2.24, 2.45) is 14.1 Å². The molecule has 0 bridgehead atoms. The summed E-state index contributed by atoms with van der Waals surface area (Å²) in [7, 11) is -1.67. The summed E-state index contributed by atoms with van der Waals surface area (Å²) in [4.78, 5) is 23.0. The minimum absolute atomic E-state index is 0.255. The number of nitrogens with one attached hydrogen (secondary N) is 1. The van der Waals surface area contributed by atoms with Crippen LogP contribution in [0.1, 0.15) is 26.7 Å². The molecule has 0 amide bonds. The topological polar surface area (TPSA) is 114 Å². The second-order valence-corrected chi connectivity index (χ2v) is 6.41. The van der Waals surface area contributed by atoms with E-state index in [1.807, 2.05) is 6.07 Å². The van der Waals surface area contributed by atoms with Crippen molar-refractivity contribution in [3.05, 3.63) is 27.0 Å². The zero-order chi connectivity index (χ0) is 16.4. The fourth-order valence-corrected chi connectivity index (χ4v) is 3.47. The van der Waals surface area contributed by atoms with E-state index in [0.29, 0.717) is 4.57 Å². The third kappa shape index (κ3) is 3.06. The molecule has 0 saturated heterocycles. The quantitative estimate of drug-likeness (QED) is 0.783. The summed E-state index contributed by atoms with van der Waals surface area (Å²) in [5.74, 6) is 0. The zero-order valence-electron chi connectivity index (χ0n) is 12.4. The van der Waals surface area contributed by atoms with E-state index in [2.05, 4.69) is 4.72 Å². The zero-order valence-corrected chi connectivity index (χ0v) is 13.2. The van der Waals surface area contributed by atoms with Crippen LogP contribution < -0.4 is 16.0 Å². The van der Waals surface area contributed by atoms with Gasteiger partial charge in [0.25, 0.3) is 5.56 Å². The van der Waals surface area contributed by atoms with Crippen molar-refractivity contribution >= 4 is 10.0 Å². The lowest BCUT2D eigenvalue weighted by Gasteiger charge is -2.24. The smallest absolute Gasteiger partial charge is 0.302 e. The van der Waals surface area contributed by atoms with Crippen LogP contribution in [0.5, 0.6) is 0 Å². The van der Waals surface area contributed by atoms with E-state index < -0.39 is 31.7 Å². The normalized spacial score (nSPS) is 12.1. The molecule has 9 heteroatoms. The molecule has 0 radical (unpaired) electrons. The number of hydrogen-bond donors (Lipinski definition) is 1. The van der Waals surface area contributed by atoms with Gasteiger partial charge in [0.15, 0.2) is 4.90 Å². The predicted molar refractivity (Wildman–Crippen MR) is 76.2 cm³/mol. The Bertz CT molecular complexity index is 794. The number of sulfonamides is 1. The van der Waals surface area contributed by atoms with Crippen LogP contribution in [0, 0.1) is 11.3 Å². The predicted octanol–water partition coefficient (Wildman–Crippen LogP) is -0.555. The number of rotatable bonds is 5. The lowest BCUT2D eigenvalue weighted by molar-refractivity contribution is 0.445. The number of hydrogen-bond acceptors (Lipinski definition) is 5. The largest absolute Gasteiger partial charge is 0.330 e. The number of nitriles is 1. The second-order valence-electron chi connectivity index (χ2n) is 4.76. The molecule has 8 nitrogen and oxygen atoms in total. The SMILES string of the molecule is CCC(C#N)(CC)NS(=O)(=O)c1cn(C)c(=O)n(C)c1=O. The highest BCUT2D eigenvalue weighted by molar-refractivity contribution is 7.89. The second kappa shape index (κ2) is 5.83. The van der Waals surface area contributed by atoms with E-state index in [4.69, 9.17) is 0 Å².